The molecule has 0 spiro atoms. The molecule has 0 unspecified atom stereocenters. The van der Waals surface area contributed by atoms with Crippen molar-refractivity contribution in [3.05, 3.63) is 178 Å². The first-order valence-electron chi connectivity index (χ1n) is 14.6. The fourth-order valence-corrected chi connectivity index (χ4v) is 10.9. The molecule has 0 bridgehead atoms. The van der Waals surface area contributed by atoms with Crippen molar-refractivity contribution in [3.63, 3.8) is 0 Å². The molecule has 4 heteroatoms. The van der Waals surface area contributed by atoms with E-state index in [4.69, 9.17) is 4.74 Å². The molecule has 0 N–H and O–H groups in total. The second-order valence-corrected chi connectivity index (χ2v) is 16.0. The predicted molar refractivity (Wildman–Crippen MR) is 189 cm³/mol. The molecule has 0 fully saturated rings. The summed E-state index contributed by atoms with van der Waals surface area (Å²) in [4.78, 5) is 0. The van der Waals surface area contributed by atoms with Crippen LogP contribution in [0.1, 0.15) is 22.3 Å². The highest BCUT2D eigenvalue weighted by atomic mass is 79.9. The Morgan fingerprint density at radius 1 is 0.465 bits per heavy atom. The quantitative estimate of drug-likeness (QED) is 0.148. The van der Waals surface area contributed by atoms with Crippen molar-refractivity contribution in [1.82, 2.24) is 0 Å². The van der Waals surface area contributed by atoms with Gasteiger partial charge in [0.2, 0.25) is 0 Å². The third kappa shape index (κ3) is 6.11. The largest absolute Gasteiger partial charge is 0.456 e. The summed E-state index contributed by atoms with van der Waals surface area (Å²) in [6, 6.07) is 55.0. The molecular formula is C39H31BrOP2. The van der Waals surface area contributed by atoms with Crippen molar-refractivity contribution < 1.29 is 4.74 Å². The number of hydrogen-bond donors (Lipinski definition) is 0. The van der Waals surface area contributed by atoms with Gasteiger partial charge < -0.3 is 4.74 Å². The summed E-state index contributed by atoms with van der Waals surface area (Å²) in [6.45, 7) is 0. The zero-order chi connectivity index (χ0) is 29.0. The zero-order valence-electron chi connectivity index (χ0n) is 23.7. The van der Waals surface area contributed by atoms with E-state index < -0.39 is 15.8 Å². The van der Waals surface area contributed by atoms with E-state index in [9.17, 15) is 0 Å². The molecule has 0 saturated heterocycles. The summed E-state index contributed by atoms with van der Waals surface area (Å²) >= 11 is 3.87. The van der Waals surface area contributed by atoms with E-state index in [1.54, 1.807) is 0 Å². The van der Waals surface area contributed by atoms with E-state index in [0.29, 0.717) is 0 Å². The van der Waals surface area contributed by atoms with Gasteiger partial charge in [0.1, 0.15) is 11.5 Å². The van der Waals surface area contributed by atoms with Gasteiger partial charge in [0.05, 0.1) is 0 Å². The minimum Gasteiger partial charge on any atom is -0.456 e. The Labute approximate surface area is 265 Å². The van der Waals surface area contributed by atoms with Gasteiger partial charge >= 0.3 is 0 Å². The van der Waals surface area contributed by atoms with Crippen molar-refractivity contribution in [2.24, 2.45) is 0 Å². The van der Waals surface area contributed by atoms with Gasteiger partial charge in [-0.2, -0.15) is 0 Å². The van der Waals surface area contributed by atoms with Crippen LogP contribution < -0.4 is 26.0 Å². The smallest absolute Gasteiger partial charge is 0.135 e. The summed E-state index contributed by atoms with van der Waals surface area (Å²) in [6.07, 6.45) is 2.72. The lowest BCUT2D eigenvalue weighted by Gasteiger charge is -2.28. The Balaban J connectivity index is 1.27. The lowest BCUT2D eigenvalue weighted by atomic mass is 9.96. The molecule has 1 aliphatic rings. The van der Waals surface area contributed by atoms with E-state index in [-0.39, 0.29) is 0 Å². The van der Waals surface area contributed by atoms with E-state index >= 15 is 0 Å². The normalized spacial score (nSPS) is 12.1. The number of hydrogen-bond acceptors (Lipinski definition) is 1. The summed E-state index contributed by atoms with van der Waals surface area (Å²) in [7, 11) is -1.18. The molecule has 1 nitrogen and oxygen atoms in total. The first kappa shape index (κ1) is 28.2. The maximum Gasteiger partial charge on any atom is 0.135 e. The third-order valence-corrected chi connectivity index (χ3v) is 13.7. The Morgan fingerprint density at radius 2 is 0.907 bits per heavy atom. The number of halogens is 1. The fourth-order valence-electron chi connectivity index (χ4n) is 5.83. The van der Waals surface area contributed by atoms with Crippen LogP contribution in [0.3, 0.4) is 0 Å². The van der Waals surface area contributed by atoms with Crippen LogP contribution in [0.2, 0.25) is 0 Å². The van der Waals surface area contributed by atoms with Gasteiger partial charge in [-0.1, -0.05) is 162 Å². The van der Waals surface area contributed by atoms with E-state index in [0.717, 1.165) is 34.7 Å². The van der Waals surface area contributed by atoms with Crippen LogP contribution in [0.4, 0.5) is 0 Å². The van der Waals surface area contributed by atoms with E-state index in [1.165, 1.54) is 43.5 Å². The van der Waals surface area contributed by atoms with Gasteiger partial charge in [-0.15, -0.1) is 0 Å². The van der Waals surface area contributed by atoms with Crippen LogP contribution in [0.15, 0.2) is 156 Å². The molecule has 1 heterocycles. The Hall–Kier alpha value is -3.54. The van der Waals surface area contributed by atoms with E-state index in [1.807, 2.05) is 0 Å². The number of ether oxygens (including phenoxy) is 1. The number of fused-ring (bicyclic) bond motifs is 2. The van der Waals surface area contributed by atoms with Gasteiger partial charge in [-0.25, -0.2) is 0 Å². The molecule has 6 aromatic rings. The molecule has 0 radical (unpaired) electrons. The highest BCUT2D eigenvalue weighted by Gasteiger charge is 2.27. The van der Waals surface area contributed by atoms with Gasteiger partial charge in [-0.05, 0) is 54.3 Å². The second-order valence-electron chi connectivity index (χ2n) is 10.7. The van der Waals surface area contributed by atoms with Gasteiger partial charge in [0.15, 0.2) is 0 Å². The monoisotopic (exact) mass is 656 g/mol. The van der Waals surface area contributed by atoms with Gasteiger partial charge in [-0.3, -0.25) is 0 Å². The number of rotatable bonds is 8. The molecule has 0 atom stereocenters. The van der Waals surface area contributed by atoms with Crippen LogP contribution >= 0.6 is 31.8 Å². The Morgan fingerprint density at radius 3 is 1.37 bits per heavy atom. The summed E-state index contributed by atoms with van der Waals surface area (Å²) in [5.41, 5.74) is 5.05. The first-order valence-corrected chi connectivity index (χ1v) is 18.4. The van der Waals surface area contributed by atoms with E-state index in [2.05, 4.69) is 168 Å². The molecule has 210 valence electrons. The van der Waals surface area contributed by atoms with Crippen molar-refractivity contribution in [2.75, 3.05) is 0 Å². The number of para-hydroxylation sites is 1. The average Bonchev–Trinajstić information content (AvgIpc) is 3.08. The van der Waals surface area contributed by atoms with Crippen LogP contribution in [0.5, 0.6) is 11.5 Å². The lowest BCUT2D eigenvalue weighted by molar-refractivity contribution is 0.451. The molecule has 0 aliphatic carbocycles. The highest BCUT2D eigenvalue weighted by Crippen LogP contribution is 2.49. The first-order chi connectivity index (χ1) is 21.2. The molecule has 7 rings (SSSR count). The van der Waals surface area contributed by atoms with Crippen LogP contribution in [0, 0.1) is 0 Å². The van der Waals surface area contributed by atoms with Crippen LogP contribution in [-0.2, 0) is 18.7 Å². The van der Waals surface area contributed by atoms with Crippen LogP contribution in [0.25, 0.3) is 0 Å². The minimum atomic E-state index is -0.594. The predicted octanol–water partition coefficient (Wildman–Crippen LogP) is 9.41. The second kappa shape index (κ2) is 13.0. The van der Waals surface area contributed by atoms with Crippen molar-refractivity contribution in [2.45, 2.75) is 18.7 Å². The Bertz CT molecular complexity index is 1750. The number of benzene rings is 6. The molecule has 1 aliphatic heterocycles. The minimum absolute atomic E-state index is 0.584. The fraction of sp³-hybridized carbons (Fsp3) is 0.0769. The topological polar surface area (TPSA) is 9.23 Å². The molecular weight excluding hydrogens is 626 g/mol. The maximum atomic E-state index is 7.06. The molecule has 0 saturated carbocycles. The lowest BCUT2D eigenvalue weighted by Crippen LogP contribution is -2.15. The standard InChI is InChI=1S/C39H31BrOP2/c40-37-25-24-31(28-43(34-20-9-3-10-21-34)35-22-11-4-12-23-35)39-36(37)26-29-14-13-15-30(38(29)41-39)27-42(32-16-5-1-6-17-32)33-18-7-2-8-19-33/h1-25H,26-28H2. The SMILES string of the molecule is Brc1ccc(CP(c2ccccc2)c2ccccc2)c2c1Cc1cccc(CP(c3ccccc3)c3ccccc3)c1O2. The third-order valence-electron chi connectivity index (χ3n) is 7.96. The highest BCUT2D eigenvalue weighted by molar-refractivity contribution is 9.10. The molecule has 43 heavy (non-hydrogen) atoms. The van der Waals surface area contributed by atoms with Crippen molar-refractivity contribution in [3.8, 4) is 11.5 Å². The zero-order valence-corrected chi connectivity index (χ0v) is 27.1. The summed E-state index contributed by atoms with van der Waals surface area (Å²) < 4.78 is 8.17. The Kier molecular flexibility index (Phi) is 8.53. The summed E-state index contributed by atoms with van der Waals surface area (Å²) in [5, 5.41) is 5.54. The molecule has 6 aromatic carbocycles. The van der Waals surface area contributed by atoms with Crippen LogP contribution in [-0.4, -0.2) is 0 Å². The van der Waals surface area contributed by atoms with Gasteiger partial charge in [0.25, 0.3) is 0 Å². The molecule has 0 aromatic heterocycles. The maximum absolute atomic E-state index is 7.06. The van der Waals surface area contributed by atoms with Crippen molar-refractivity contribution >= 4 is 53.0 Å². The van der Waals surface area contributed by atoms with Gasteiger partial charge in [0, 0.05) is 34.3 Å². The average molecular weight is 658 g/mol. The summed E-state index contributed by atoms with van der Waals surface area (Å²) in [5.74, 6) is 2.06. The van der Waals surface area contributed by atoms with Crippen molar-refractivity contribution in [1.29, 1.82) is 0 Å². The molecule has 0 amide bonds.